The summed E-state index contributed by atoms with van der Waals surface area (Å²) in [4.78, 5) is 25.1. The standard InChI is InChI=1S/C22H26FNO6S/c1-14-16(22(26)27)13-18(31-14)15-5-4-6-17(23)20(15)21(25)24-8-10-28-11-12-30-19-7-2-3-9-29-19/h4-6,13,19H,2-3,7-12H2,1H3,(H,24,25)(H,26,27). The SMILES string of the molecule is Cc1sc(-c2cccc(F)c2C(=O)NCCOCCOC2CCCCO2)cc1C(=O)O. The number of rotatable bonds is 10. The summed E-state index contributed by atoms with van der Waals surface area (Å²) in [7, 11) is 0. The summed E-state index contributed by atoms with van der Waals surface area (Å²) in [6.45, 7) is 3.63. The largest absolute Gasteiger partial charge is 0.478 e. The van der Waals surface area contributed by atoms with Crippen molar-refractivity contribution < 1.29 is 33.3 Å². The summed E-state index contributed by atoms with van der Waals surface area (Å²) in [5.41, 5.74) is 0.392. The molecule has 2 aromatic rings. The van der Waals surface area contributed by atoms with Crippen molar-refractivity contribution in [2.24, 2.45) is 0 Å². The maximum absolute atomic E-state index is 14.5. The van der Waals surface area contributed by atoms with Gasteiger partial charge in [-0.1, -0.05) is 12.1 Å². The summed E-state index contributed by atoms with van der Waals surface area (Å²) in [5, 5.41) is 11.9. The Morgan fingerprint density at radius 3 is 2.84 bits per heavy atom. The summed E-state index contributed by atoms with van der Waals surface area (Å²) >= 11 is 1.21. The van der Waals surface area contributed by atoms with Crippen molar-refractivity contribution in [3.63, 3.8) is 0 Å². The first-order valence-corrected chi connectivity index (χ1v) is 11.0. The van der Waals surface area contributed by atoms with Crippen LogP contribution in [0.5, 0.6) is 0 Å². The molecule has 0 spiro atoms. The van der Waals surface area contributed by atoms with E-state index in [1.165, 1.54) is 29.5 Å². The van der Waals surface area contributed by atoms with E-state index in [0.29, 0.717) is 28.5 Å². The third-order valence-corrected chi connectivity index (χ3v) is 5.94. The quantitative estimate of drug-likeness (QED) is 0.533. The Morgan fingerprint density at radius 2 is 2.13 bits per heavy atom. The van der Waals surface area contributed by atoms with Gasteiger partial charge in [0.2, 0.25) is 0 Å². The van der Waals surface area contributed by atoms with E-state index in [2.05, 4.69) is 5.32 Å². The average molecular weight is 452 g/mol. The van der Waals surface area contributed by atoms with Crippen LogP contribution in [-0.4, -0.2) is 56.2 Å². The van der Waals surface area contributed by atoms with E-state index in [9.17, 15) is 19.1 Å². The summed E-state index contributed by atoms with van der Waals surface area (Å²) in [5.74, 6) is -2.30. The number of aromatic carboxylic acids is 1. The Kier molecular flexibility index (Phi) is 8.53. The molecule has 0 bridgehead atoms. The Labute approximate surface area is 184 Å². The van der Waals surface area contributed by atoms with Gasteiger partial charge in [0.25, 0.3) is 5.91 Å². The van der Waals surface area contributed by atoms with Gasteiger partial charge in [-0.15, -0.1) is 11.3 Å². The van der Waals surface area contributed by atoms with E-state index in [1.807, 2.05) is 0 Å². The van der Waals surface area contributed by atoms with Gasteiger partial charge in [0, 0.05) is 28.5 Å². The zero-order valence-corrected chi connectivity index (χ0v) is 18.1. The molecule has 1 fully saturated rings. The number of thiophene rings is 1. The molecule has 168 valence electrons. The molecule has 1 amide bonds. The second kappa shape index (κ2) is 11.3. The molecule has 9 heteroatoms. The molecular weight excluding hydrogens is 425 g/mol. The van der Waals surface area contributed by atoms with Crippen LogP contribution in [0.1, 0.15) is 44.9 Å². The number of ether oxygens (including phenoxy) is 3. The first kappa shape index (κ1) is 23.3. The Bertz CT molecular complexity index is 909. The lowest BCUT2D eigenvalue weighted by molar-refractivity contribution is -0.168. The molecule has 7 nitrogen and oxygen atoms in total. The number of carboxylic acid groups (broad SMARTS) is 1. The van der Waals surface area contributed by atoms with Crippen LogP contribution in [0.15, 0.2) is 24.3 Å². The van der Waals surface area contributed by atoms with Gasteiger partial charge < -0.3 is 24.6 Å². The van der Waals surface area contributed by atoms with Gasteiger partial charge in [-0.05, 0) is 38.3 Å². The van der Waals surface area contributed by atoms with Crippen LogP contribution in [0.2, 0.25) is 0 Å². The van der Waals surface area contributed by atoms with Gasteiger partial charge in [0.05, 0.1) is 30.9 Å². The Morgan fingerprint density at radius 1 is 1.29 bits per heavy atom. The number of amides is 1. The highest BCUT2D eigenvalue weighted by Crippen LogP contribution is 2.34. The number of hydrogen-bond acceptors (Lipinski definition) is 6. The molecule has 3 rings (SSSR count). The fourth-order valence-electron chi connectivity index (χ4n) is 3.30. The molecule has 1 aliphatic rings. The van der Waals surface area contributed by atoms with E-state index in [-0.39, 0.29) is 30.6 Å². The molecule has 1 atom stereocenters. The van der Waals surface area contributed by atoms with Crippen LogP contribution in [0.3, 0.4) is 0 Å². The minimum absolute atomic E-state index is 0.113. The van der Waals surface area contributed by atoms with E-state index < -0.39 is 17.7 Å². The monoisotopic (exact) mass is 451 g/mol. The van der Waals surface area contributed by atoms with Gasteiger partial charge >= 0.3 is 5.97 Å². The molecule has 2 heterocycles. The summed E-state index contributed by atoms with van der Waals surface area (Å²) in [6, 6.07) is 5.78. The number of halogens is 1. The third kappa shape index (κ3) is 6.33. The lowest BCUT2D eigenvalue weighted by Gasteiger charge is -2.22. The van der Waals surface area contributed by atoms with Gasteiger partial charge in [0.1, 0.15) is 5.82 Å². The number of hydrogen-bond donors (Lipinski definition) is 2. The summed E-state index contributed by atoms with van der Waals surface area (Å²) < 4.78 is 31.0. The number of aryl methyl sites for hydroxylation is 1. The molecule has 1 aromatic heterocycles. The van der Waals surface area contributed by atoms with Crippen LogP contribution in [0.25, 0.3) is 10.4 Å². The van der Waals surface area contributed by atoms with Gasteiger partial charge in [-0.2, -0.15) is 0 Å². The molecule has 1 unspecified atom stereocenters. The maximum atomic E-state index is 14.5. The van der Waals surface area contributed by atoms with E-state index in [0.717, 1.165) is 25.9 Å². The fraction of sp³-hybridized carbons (Fsp3) is 0.455. The highest BCUT2D eigenvalue weighted by molar-refractivity contribution is 7.15. The van der Waals surface area contributed by atoms with Crippen LogP contribution < -0.4 is 5.32 Å². The normalized spacial score (nSPS) is 16.3. The highest BCUT2D eigenvalue weighted by Gasteiger charge is 2.21. The molecule has 2 N–H and O–H groups in total. The smallest absolute Gasteiger partial charge is 0.336 e. The predicted octanol–water partition coefficient (Wildman–Crippen LogP) is 3.85. The second-order valence-electron chi connectivity index (χ2n) is 7.08. The van der Waals surface area contributed by atoms with E-state index in [4.69, 9.17) is 14.2 Å². The van der Waals surface area contributed by atoms with Crippen molar-refractivity contribution in [1.82, 2.24) is 5.32 Å². The van der Waals surface area contributed by atoms with Crippen LogP contribution in [-0.2, 0) is 14.2 Å². The number of carbonyl (C=O) groups excluding carboxylic acids is 1. The van der Waals surface area contributed by atoms with E-state index >= 15 is 0 Å². The molecular formula is C22H26FNO6S. The van der Waals surface area contributed by atoms with Crippen molar-refractivity contribution in [3.05, 3.63) is 46.1 Å². The van der Waals surface area contributed by atoms with Gasteiger partial charge in [0.15, 0.2) is 6.29 Å². The van der Waals surface area contributed by atoms with Gasteiger partial charge in [-0.3, -0.25) is 4.79 Å². The minimum Gasteiger partial charge on any atom is -0.478 e. The van der Waals surface area contributed by atoms with Crippen LogP contribution >= 0.6 is 11.3 Å². The van der Waals surface area contributed by atoms with Gasteiger partial charge in [-0.25, -0.2) is 9.18 Å². The average Bonchev–Trinajstić information content (AvgIpc) is 3.15. The fourth-order valence-corrected chi connectivity index (χ4v) is 4.34. The van der Waals surface area contributed by atoms with Crippen molar-refractivity contribution in [3.8, 4) is 10.4 Å². The van der Waals surface area contributed by atoms with Crippen LogP contribution in [0, 0.1) is 12.7 Å². The number of benzene rings is 1. The molecule has 1 aromatic carbocycles. The molecule has 0 saturated carbocycles. The number of carbonyl (C=O) groups is 2. The Hall–Kier alpha value is -2.33. The molecule has 31 heavy (non-hydrogen) atoms. The molecule has 1 saturated heterocycles. The highest BCUT2D eigenvalue weighted by atomic mass is 32.1. The number of nitrogens with one attached hydrogen (secondary N) is 1. The topological polar surface area (TPSA) is 94.1 Å². The maximum Gasteiger partial charge on any atom is 0.336 e. The lowest BCUT2D eigenvalue weighted by Crippen LogP contribution is -2.29. The van der Waals surface area contributed by atoms with Crippen molar-refractivity contribution in [2.45, 2.75) is 32.5 Å². The van der Waals surface area contributed by atoms with Crippen molar-refractivity contribution >= 4 is 23.2 Å². The molecule has 0 aliphatic carbocycles. The third-order valence-electron chi connectivity index (χ3n) is 4.86. The summed E-state index contributed by atoms with van der Waals surface area (Å²) in [6.07, 6.45) is 2.88. The molecule has 0 radical (unpaired) electrons. The zero-order chi connectivity index (χ0) is 22.2. The predicted molar refractivity (Wildman–Crippen MR) is 114 cm³/mol. The first-order valence-electron chi connectivity index (χ1n) is 10.2. The Balaban J connectivity index is 1.51. The number of carboxylic acids is 1. The zero-order valence-electron chi connectivity index (χ0n) is 17.3. The van der Waals surface area contributed by atoms with Crippen molar-refractivity contribution in [2.75, 3.05) is 33.0 Å². The van der Waals surface area contributed by atoms with E-state index in [1.54, 1.807) is 13.0 Å². The first-order chi connectivity index (χ1) is 15.0. The van der Waals surface area contributed by atoms with Crippen molar-refractivity contribution in [1.29, 1.82) is 0 Å². The minimum atomic E-state index is -1.06. The lowest BCUT2D eigenvalue weighted by atomic mass is 10.0. The second-order valence-corrected chi connectivity index (χ2v) is 8.34. The molecule has 1 aliphatic heterocycles. The van der Waals surface area contributed by atoms with Crippen LogP contribution in [0.4, 0.5) is 4.39 Å².